The molecule has 72 valence electrons. The van der Waals surface area contributed by atoms with Crippen molar-refractivity contribution in [3.05, 3.63) is 0 Å². The van der Waals surface area contributed by atoms with Crippen molar-refractivity contribution in [3.63, 3.8) is 0 Å². The van der Waals surface area contributed by atoms with Gasteiger partial charge in [-0.05, 0) is 20.5 Å². The van der Waals surface area contributed by atoms with Crippen LogP contribution >= 0.6 is 0 Å². The summed E-state index contributed by atoms with van der Waals surface area (Å²) in [5.74, 6) is -0.372. The summed E-state index contributed by atoms with van der Waals surface area (Å²) in [6, 6.07) is 0. The van der Waals surface area contributed by atoms with Crippen molar-refractivity contribution in [1.82, 2.24) is 4.90 Å². The molecule has 0 aliphatic heterocycles. The summed E-state index contributed by atoms with van der Waals surface area (Å²) < 4.78 is 4.57. The van der Waals surface area contributed by atoms with Crippen LogP contribution in [0.5, 0.6) is 0 Å². The third-order valence-electron chi connectivity index (χ3n) is 1.79. The molecule has 2 N–H and O–H groups in total. The first kappa shape index (κ1) is 11.4. The fourth-order valence-electron chi connectivity index (χ4n) is 0.970. The number of hydrogen-bond donors (Lipinski definition) is 1. The molecule has 4 heteroatoms. The maximum absolute atomic E-state index is 11.1. The zero-order valence-electron chi connectivity index (χ0n) is 8.26. The minimum Gasteiger partial charge on any atom is -0.468 e. The predicted octanol–water partition coefficient (Wildman–Crippen LogP) is -0.171. The Labute approximate surface area is 73.7 Å². The molecule has 12 heavy (non-hydrogen) atoms. The predicted molar refractivity (Wildman–Crippen MR) is 47.8 cm³/mol. The van der Waals surface area contributed by atoms with Gasteiger partial charge in [-0.25, -0.2) is 0 Å². The molecular formula is C8H18N2O2. The number of methoxy groups -OCH3 is 1. The van der Waals surface area contributed by atoms with Gasteiger partial charge in [0.25, 0.3) is 0 Å². The highest BCUT2D eigenvalue weighted by Gasteiger charge is 2.30. The third kappa shape index (κ3) is 3.19. The standard InChI is InChI=1S/C8H18N2O2/c1-5-10(3)6-8(2,9)7(11)12-4/h5-6,9H2,1-4H3. The molecule has 0 saturated carbocycles. The highest BCUT2D eigenvalue weighted by atomic mass is 16.5. The van der Waals surface area contributed by atoms with Crippen molar-refractivity contribution in [2.24, 2.45) is 5.73 Å². The van der Waals surface area contributed by atoms with E-state index < -0.39 is 5.54 Å². The second kappa shape index (κ2) is 4.42. The molecule has 0 saturated heterocycles. The maximum Gasteiger partial charge on any atom is 0.326 e. The van der Waals surface area contributed by atoms with Gasteiger partial charge in [-0.1, -0.05) is 6.92 Å². The quantitative estimate of drug-likeness (QED) is 0.601. The summed E-state index contributed by atoms with van der Waals surface area (Å²) >= 11 is 0. The van der Waals surface area contributed by atoms with Crippen molar-refractivity contribution in [2.75, 3.05) is 27.2 Å². The number of esters is 1. The van der Waals surface area contributed by atoms with Gasteiger partial charge >= 0.3 is 5.97 Å². The van der Waals surface area contributed by atoms with Gasteiger partial charge in [0, 0.05) is 6.54 Å². The summed E-state index contributed by atoms with van der Waals surface area (Å²) in [4.78, 5) is 13.1. The van der Waals surface area contributed by atoms with Crippen LogP contribution in [0.3, 0.4) is 0 Å². The second-order valence-corrected chi connectivity index (χ2v) is 3.24. The highest BCUT2D eigenvalue weighted by molar-refractivity contribution is 5.80. The number of rotatable bonds is 4. The van der Waals surface area contributed by atoms with E-state index in [1.807, 2.05) is 18.9 Å². The average molecular weight is 174 g/mol. The van der Waals surface area contributed by atoms with Gasteiger partial charge in [-0.3, -0.25) is 4.79 Å². The molecule has 4 nitrogen and oxygen atoms in total. The number of carbonyl (C=O) groups excluding carboxylic acids is 1. The number of hydrogen-bond acceptors (Lipinski definition) is 4. The average Bonchev–Trinajstić information content (AvgIpc) is 2.02. The number of likely N-dealkylation sites (N-methyl/N-ethyl adjacent to an activating group) is 1. The van der Waals surface area contributed by atoms with Gasteiger partial charge in [0.15, 0.2) is 0 Å². The number of carbonyl (C=O) groups is 1. The van der Waals surface area contributed by atoms with Crippen molar-refractivity contribution in [2.45, 2.75) is 19.4 Å². The SMILES string of the molecule is CCN(C)CC(C)(N)C(=O)OC. The molecule has 0 aliphatic carbocycles. The molecular weight excluding hydrogens is 156 g/mol. The lowest BCUT2D eigenvalue weighted by molar-refractivity contribution is -0.147. The van der Waals surface area contributed by atoms with E-state index >= 15 is 0 Å². The number of nitrogens with zero attached hydrogens (tertiary/aromatic N) is 1. The van der Waals surface area contributed by atoms with Crippen LogP contribution in [0.15, 0.2) is 0 Å². The smallest absolute Gasteiger partial charge is 0.326 e. The molecule has 0 fully saturated rings. The summed E-state index contributed by atoms with van der Waals surface area (Å²) in [6.07, 6.45) is 0. The van der Waals surface area contributed by atoms with Crippen LogP contribution < -0.4 is 5.73 Å². The molecule has 0 aromatic heterocycles. The largest absolute Gasteiger partial charge is 0.468 e. The van der Waals surface area contributed by atoms with Crippen LogP contribution in [0.1, 0.15) is 13.8 Å². The zero-order chi connectivity index (χ0) is 9.78. The van der Waals surface area contributed by atoms with Crippen LogP contribution in [-0.2, 0) is 9.53 Å². The molecule has 0 rings (SSSR count). The molecule has 1 unspecified atom stereocenters. The molecule has 1 atom stereocenters. The zero-order valence-corrected chi connectivity index (χ0v) is 8.26. The Morgan fingerprint density at radius 3 is 2.50 bits per heavy atom. The van der Waals surface area contributed by atoms with Crippen molar-refractivity contribution >= 4 is 5.97 Å². The van der Waals surface area contributed by atoms with Crippen LogP contribution in [0.2, 0.25) is 0 Å². The molecule has 0 aliphatic rings. The molecule has 0 bridgehead atoms. The topological polar surface area (TPSA) is 55.6 Å². The van der Waals surface area contributed by atoms with Gasteiger partial charge in [0.1, 0.15) is 5.54 Å². The van der Waals surface area contributed by atoms with E-state index in [4.69, 9.17) is 5.73 Å². The van der Waals surface area contributed by atoms with E-state index in [1.54, 1.807) is 6.92 Å². The van der Waals surface area contributed by atoms with Gasteiger partial charge in [-0.15, -0.1) is 0 Å². The van der Waals surface area contributed by atoms with E-state index in [0.717, 1.165) is 6.54 Å². The normalized spacial score (nSPS) is 15.8. The summed E-state index contributed by atoms with van der Waals surface area (Å²) in [7, 11) is 3.26. The minimum atomic E-state index is -0.903. The minimum absolute atomic E-state index is 0.372. The Hall–Kier alpha value is -0.610. The molecule has 0 amide bonds. The summed E-state index contributed by atoms with van der Waals surface area (Å²) in [5, 5.41) is 0. The Bertz CT molecular complexity index is 157. The van der Waals surface area contributed by atoms with Crippen molar-refractivity contribution in [3.8, 4) is 0 Å². The van der Waals surface area contributed by atoms with E-state index in [0.29, 0.717) is 6.54 Å². The molecule has 0 spiro atoms. The van der Waals surface area contributed by atoms with E-state index in [-0.39, 0.29) is 5.97 Å². The first-order valence-electron chi connectivity index (χ1n) is 4.00. The molecule has 0 aromatic rings. The van der Waals surface area contributed by atoms with Crippen LogP contribution in [-0.4, -0.2) is 43.7 Å². The Morgan fingerprint density at radius 1 is 1.67 bits per heavy atom. The van der Waals surface area contributed by atoms with E-state index in [1.165, 1.54) is 7.11 Å². The summed E-state index contributed by atoms with van der Waals surface area (Å²) in [6.45, 7) is 5.05. The van der Waals surface area contributed by atoms with E-state index in [9.17, 15) is 4.79 Å². The lowest BCUT2D eigenvalue weighted by atomic mass is 10.0. The Balaban J connectivity index is 4.11. The fraction of sp³-hybridized carbons (Fsp3) is 0.875. The number of nitrogens with two attached hydrogens (primary N) is 1. The lowest BCUT2D eigenvalue weighted by Crippen LogP contribution is -2.53. The Morgan fingerprint density at radius 2 is 2.17 bits per heavy atom. The van der Waals surface area contributed by atoms with Gasteiger partial charge in [0.2, 0.25) is 0 Å². The van der Waals surface area contributed by atoms with Gasteiger partial charge in [0.05, 0.1) is 7.11 Å². The van der Waals surface area contributed by atoms with Crippen LogP contribution in [0.25, 0.3) is 0 Å². The lowest BCUT2D eigenvalue weighted by Gasteiger charge is -2.26. The van der Waals surface area contributed by atoms with Gasteiger partial charge in [-0.2, -0.15) is 0 Å². The van der Waals surface area contributed by atoms with Crippen LogP contribution in [0, 0.1) is 0 Å². The molecule has 0 heterocycles. The highest BCUT2D eigenvalue weighted by Crippen LogP contribution is 2.03. The second-order valence-electron chi connectivity index (χ2n) is 3.24. The fourth-order valence-corrected chi connectivity index (χ4v) is 0.970. The molecule has 0 radical (unpaired) electrons. The molecule has 0 aromatic carbocycles. The van der Waals surface area contributed by atoms with Gasteiger partial charge < -0.3 is 15.4 Å². The third-order valence-corrected chi connectivity index (χ3v) is 1.79. The first-order chi connectivity index (χ1) is 5.44. The van der Waals surface area contributed by atoms with E-state index in [2.05, 4.69) is 4.74 Å². The first-order valence-corrected chi connectivity index (χ1v) is 4.00. The van der Waals surface area contributed by atoms with Crippen molar-refractivity contribution in [1.29, 1.82) is 0 Å². The van der Waals surface area contributed by atoms with Crippen LogP contribution in [0.4, 0.5) is 0 Å². The Kier molecular flexibility index (Phi) is 4.20. The summed E-state index contributed by atoms with van der Waals surface area (Å²) in [5.41, 5.74) is 4.83. The number of ether oxygens (including phenoxy) is 1. The van der Waals surface area contributed by atoms with Crippen molar-refractivity contribution < 1.29 is 9.53 Å². The monoisotopic (exact) mass is 174 g/mol. The maximum atomic E-state index is 11.1.